The maximum atomic E-state index is 5.93. The SMILES string of the molecule is Nc1ccc(-c2ccc(-c3ccc(C4c5c(c6ccccc6c6ccccc56)Sc5c4c4ccccc4c4ccccc54)cc3)cc2)cc1. The Morgan fingerprint density at radius 2 is 0.633 bits per heavy atom. The monoisotopic (exact) mass is 641 g/mol. The third kappa shape index (κ3) is 4.41. The summed E-state index contributed by atoms with van der Waals surface area (Å²) in [6.07, 6.45) is 0. The summed E-state index contributed by atoms with van der Waals surface area (Å²) in [4.78, 5) is 2.74. The van der Waals surface area contributed by atoms with Gasteiger partial charge in [0.1, 0.15) is 0 Å². The molecular weight excluding hydrogens is 611 g/mol. The van der Waals surface area contributed by atoms with Crippen molar-refractivity contribution in [2.45, 2.75) is 15.7 Å². The molecular formula is C47H31NS. The Morgan fingerprint density at radius 3 is 1.04 bits per heavy atom. The molecule has 0 aromatic heterocycles. The van der Waals surface area contributed by atoms with E-state index in [-0.39, 0.29) is 5.92 Å². The largest absolute Gasteiger partial charge is 0.399 e. The van der Waals surface area contributed by atoms with Gasteiger partial charge >= 0.3 is 0 Å². The van der Waals surface area contributed by atoms with E-state index in [0.29, 0.717) is 0 Å². The van der Waals surface area contributed by atoms with Crippen molar-refractivity contribution in [3.63, 3.8) is 0 Å². The molecule has 49 heavy (non-hydrogen) atoms. The van der Waals surface area contributed by atoms with Gasteiger partial charge in [-0.2, -0.15) is 0 Å². The maximum Gasteiger partial charge on any atom is 0.0375 e. The van der Waals surface area contributed by atoms with Crippen LogP contribution in [0.3, 0.4) is 0 Å². The van der Waals surface area contributed by atoms with Gasteiger partial charge in [-0.15, -0.1) is 0 Å². The summed E-state index contributed by atoms with van der Waals surface area (Å²) in [7, 11) is 0. The number of nitrogens with two attached hydrogens (primary N) is 1. The van der Waals surface area contributed by atoms with Crippen LogP contribution in [0, 0.1) is 0 Å². The first kappa shape index (κ1) is 28.2. The molecule has 230 valence electrons. The molecule has 1 heterocycles. The molecule has 0 aliphatic carbocycles. The summed E-state index contributed by atoms with van der Waals surface area (Å²) in [6.45, 7) is 0. The first-order valence-electron chi connectivity index (χ1n) is 16.8. The second-order valence-corrected chi connectivity index (χ2v) is 14.0. The third-order valence-corrected chi connectivity index (χ3v) is 11.6. The normalized spacial score (nSPS) is 12.8. The van der Waals surface area contributed by atoms with E-state index >= 15 is 0 Å². The second kappa shape index (κ2) is 11.1. The van der Waals surface area contributed by atoms with Crippen molar-refractivity contribution in [1.82, 2.24) is 0 Å². The summed E-state index contributed by atoms with van der Waals surface area (Å²) in [5.74, 6) is 0.0669. The number of hydrogen-bond acceptors (Lipinski definition) is 2. The number of rotatable bonds is 3. The summed E-state index contributed by atoms with van der Waals surface area (Å²) < 4.78 is 0. The highest BCUT2D eigenvalue weighted by Gasteiger charge is 2.34. The van der Waals surface area contributed by atoms with Gasteiger partial charge in [-0.25, -0.2) is 0 Å². The minimum Gasteiger partial charge on any atom is -0.399 e. The molecule has 1 aliphatic heterocycles. The molecule has 0 atom stereocenters. The highest BCUT2D eigenvalue weighted by Crippen LogP contribution is 2.57. The Bertz CT molecular complexity index is 2600. The standard InChI is InChI=1S/C47H31NS/c48-34-27-25-32(26-28-34)30-19-17-29(18-20-30)31-21-23-33(24-22-31)43-44-39-13-5-1-9-35(39)37-11-3-7-15-41(37)46(44)49-47-42-16-8-4-12-38(42)36-10-2-6-14-40(36)45(43)47/h1-28,43H,48H2. The second-order valence-electron chi connectivity index (χ2n) is 13.0. The van der Waals surface area contributed by atoms with Crippen LogP contribution in [0.4, 0.5) is 5.69 Å². The lowest BCUT2D eigenvalue weighted by atomic mass is 9.78. The highest BCUT2D eigenvalue weighted by atomic mass is 32.2. The van der Waals surface area contributed by atoms with Crippen molar-refractivity contribution in [2.24, 2.45) is 0 Å². The zero-order valence-electron chi connectivity index (χ0n) is 26.7. The summed E-state index contributed by atoms with van der Waals surface area (Å²) in [5.41, 5.74) is 15.6. The first-order valence-corrected chi connectivity index (χ1v) is 17.7. The predicted octanol–water partition coefficient (Wildman–Crippen LogP) is 12.9. The van der Waals surface area contributed by atoms with Gasteiger partial charge in [0.2, 0.25) is 0 Å². The van der Waals surface area contributed by atoms with Crippen molar-refractivity contribution in [3.8, 4) is 22.3 Å². The van der Waals surface area contributed by atoms with Gasteiger partial charge in [0.15, 0.2) is 0 Å². The van der Waals surface area contributed by atoms with Gasteiger partial charge in [-0.1, -0.05) is 169 Å². The van der Waals surface area contributed by atoms with Crippen molar-refractivity contribution < 1.29 is 0 Å². The van der Waals surface area contributed by atoms with Crippen LogP contribution >= 0.6 is 11.8 Å². The summed E-state index contributed by atoms with van der Waals surface area (Å²) >= 11 is 1.96. The summed E-state index contributed by atoms with van der Waals surface area (Å²) in [5, 5.41) is 10.6. The third-order valence-electron chi connectivity index (χ3n) is 10.3. The van der Waals surface area contributed by atoms with E-state index in [1.54, 1.807) is 0 Å². The molecule has 0 amide bonds. The van der Waals surface area contributed by atoms with Crippen LogP contribution in [0.5, 0.6) is 0 Å². The van der Waals surface area contributed by atoms with Gasteiger partial charge in [-0.05, 0) is 94.2 Å². The molecule has 0 fully saturated rings. The molecule has 10 rings (SSSR count). The van der Waals surface area contributed by atoms with Crippen LogP contribution in [-0.4, -0.2) is 0 Å². The zero-order valence-corrected chi connectivity index (χ0v) is 27.5. The molecule has 1 nitrogen and oxygen atoms in total. The van der Waals surface area contributed by atoms with E-state index in [4.69, 9.17) is 5.73 Å². The molecule has 2 N–H and O–H groups in total. The Hall–Kier alpha value is -5.83. The van der Waals surface area contributed by atoms with Crippen LogP contribution < -0.4 is 5.73 Å². The number of anilines is 1. The molecule has 0 spiro atoms. The molecule has 0 unspecified atom stereocenters. The van der Waals surface area contributed by atoms with Crippen molar-refractivity contribution in [1.29, 1.82) is 0 Å². The van der Waals surface area contributed by atoms with Gasteiger partial charge in [0.25, 0.3) is 0 Å². The van der Waals surface area contributed by atoms with E-state index in [9.17, 15) is 0 Å². The first-order chi connectivity index (χ1) is 24.2. The number of benzene rings is 9. The Morgan fingerprint density at radius 1 is 0.327 bits per heavy atom. The van der Waals surface area contributed by atoms with Crippen LogP contribution in [0.2, 0.25) is 0 Å². The maximum absolute atomic E-state index is 5.93. The smallest absolute Gasteiger partial charge is 0.0375 e. The fourth-order valence-corrected chi connectivity index (χ4v) is 9.50. The Balaban J connectivity index is 1.21. The Kier molecular flexibility index (Phi) is 6.40. The predicted molar refractivity (Wildman–Crippen MR) is 210 cm³/mol. The van der Waals surface area contributed by atoms with Gasteiger partial charge in [0.05, 0.1) is 0 Å². The molecule has 9 aromatic rings. The Labute approximate surface area is 289 Å². The topological polar surface area (TPSA) is 26.0 Å². The van der Waals surface area contributed by atoms with Crippen LogP contribution in [0.25, 0.3) is 65.3 Å². The molecule has 2 heteroatoms. The van der Waals surface area contributed by atoms with E-state index in [1.807, 2.05) is 23.9 Å². The zero-order chi connectivity index (χ0) is 32.5. The van der Waals surface area contributed by atoms with Crippen molar-refractivity contribution in [2.75, 3.05) is 5.73 Å². The van der Waals surface area contributed by atoms with Crippen molar-refractivity contribution >= 4 is 60.5 Å². The number of hydrogen-bond donors (Lipinski definition) is 1. The minimum atomic E-state index is 0.0669. The van der Waals surface area contributed by atoms with Crippen LogP contribution in [0.1, 0.15) is 22.6 Å². The number of nitrogen functional groups attached to an aromatic ring is 1. The van der Waals surface area contributed by atoms with Crippen LogP contribution in [0.15, 0.2) is 180 Å². The lowest BCUT2D eigenvalue weighted by Crippen LogP contribution is -2.12. The van der Waals surface area contributed by atoms with Crippen LogP contribution in [-0.2, 0) is 0 Å². The van der Waals surface area contributed by atoms with Gasteiger partial charge < -0.3 is 5.73 Å². The average molecular weight is 642 g/mol. The van der Waals surface area contributed by atoms with E-state index in [2.05, 4.69) is 158 Å². The molecule has 9 aromatic carbocycles. The fourth-order valence-electron chi connectivity index (χ4n) is 8.04. The van der Waals surface area contributed by atoms with Gasteiger partial charge in [0, 0.05) is 21.4 Å². The highest BCUT2D eigenvalue weighted by molar-refractivity contribution is 8.00. The number of fused-ring (bicyclic) bond motifs is 12. The van der Waals surface area contributed by atoms with E-state index in [0.717, 1.165) is 5.69 Å². The van der Waals surface area contributed by atoms with Gasteiger partial charge in [-0.3, -0.25) is 0 Å². The lowest BCUT2D eigenvalue weighted by molar-refractivity contribution is 0.938. The summed E-state index contributed by atoms with van der Waals surface area (Å²) in [6, 6.07) is 62.2. The van der Waals surface area contributed by atoms with E-state index in [1.165, 1.54) is 91.8 Å². The van der Waals surface area contributed by atoms with Crippen molar-refractivity contribution in [3.05, 3.63) is 187 Å². The van der Waals surface area contributed by atoms with E-state index < -0.39 is 0 Å². The molecule has 0 saturated heterocycles. The molecule has 1 aliphatic rings. The lowest BCUT2D eigenvalue weighted by Gasteiger charge is -2.33. The average Bonchev–Trinajstić information content (AvgIpc) is 3.18. The fraction of sp³-hybridized carbons (Fsp3) is 0.0213. The quantitative estimate of drug-likeness (QED) is 0.153. The molecule has 0 bridgehead atoms. The molecule has 0 radical (unpaired) electrons. The molecule has 0 saturated carbocycles. The minimum absolute atomic E-state index is 0.0669.